The van der Waals surface area contributed by atoms with Crippen molar-refractivity contribution in [3.05, 3.63) is 84.2 Å². The zero-order chi connectivity index (χ0) is 21.8. The average Bonchev–Trinajstić information content (AvgIpc) is 3.24. The van der Waals surface area contributed by atoms with E-state index in [4.69, 9.17) is 9.47 Å². The van der Waals surface area contributed by atoms with Gasteiger partial charge in [0.05, 0.1) is 19.9 Å². The molecule has 0 radical (unpaired) electrons. The minimum Gasteiger partial charge on any atom is -0.497 e. The van der Waals surface area contributed by atoms with E-state index in [0.29, 0.717) is 17.1 Å². The van der Waals surface area contributed by atoms with Crippen LogP contribution in [0.4, 0.5) is 10.1 Å². The summed E-state index contributed by atoms with van der Waals surface area (Å²) in [6.45, 7) is 0. The predicted molar refractivity (Wildman–Crippen MR) is 114 cm³/mol. The fraction of sp³-hybridized carbons (Fsp3) is 0.0870. The summed E-state index contributed by atoms with van der Waals surface area (Å²) < 4.78 is 25.1. The van der Waals surface area contributed by atoms with Crippen LogP contribution in [0.25, 0.3) is 17.1 Å². The zero-order valence-corrected chi connectivity index (χ0v) is 16.9. The lowest BCUT2D eigenvalue weighted by atomic mass is 10.2. The molecule has 1 heterocycles. The molecule has 0 saturated carbocycles. The third kappa shape index (κ3) is 4.37. The van der Waals surface area contributed by atoms with E-state index in [1.54, 1.807) is 36.1 Å². The minimum atomic E-state index is -0.392. The molecule has 4 rings (SSSR count). The number of methoxy groups -OCH3 is 2. The number of hydrogen-bond donors (Lipinski definition) is 1. The van der Waals surface area contributed by atoms with Crippen LogP contribution in [0.3, 0.4) is 0 Å². The maximum absolute atomic E-state index is 13.0. The second-order valence-electron chi connectivity index (χ2n) is 6.57. The molecule has 156 valence electrons. The largest absolute Gasteiger partial charge is 0.497 e. The lowest BCUT2D eigenvalue weighted by Crippen LogP contribution is -2.11. The number of carbonyl (C=O) groups excluding carboxylic acids is 1. The van der Waals surface area contributed by atoms with Gasteiger partial charge < -0.3 is 14.8 Å². The first kappa shape index (κ1) is 20.1. The molecule has 0 aliphatic heterocycles. The van der Waals surface area contributed by atoms with Gasteiger partial charge in [-0.3, -0.25) is 4.79 Å². The summed E-state index contributed by atoms with van der Waals surface area (Å²) in [7, 11) is 3.11. The normalized spacial score (nSPS) is 10.5. The number of nitrogens with zero attached hydrogens (tertiary/aromatic N) is 3. The predicted octanol–water partition coefficient (Wildman–Crippen LogP) is 4.34. The highest BCUT2D eigenvalue weighted by molar-refractivity contribution is 6.04. The van der Waals surface area contributed by atoms with E-state index in [1.807, 2.05) is 24.3 Å². The van der Waals surface area contributed by atoms with Gasteiger partial charge in [-0.2, -0.15) is 4.98 Å². The van der Waals surface area contributed by atoms with E-state index in [9.17, 15) is 9.18 Å². The van der Waals surface area contributed by atoms with Crippen LogP contribution in [0.2, 0.25) is 0 Å². The van der Waals surface area contributed by atoms with Gasteiger partial charge in [-0.15, -0.1) is 5.10 Å². The van der Waals surface area contributed by atoms with Crippen molar-refractivity contribution in [2.24, 2.45) is 0 Å². The van der Waals surface area contributed by atoms with E-state index >= 15 is 0 Å². The molecule has 0 fully saturated rings. The maximum Gasteiger partial charge on any atom is 0.336 e. The molecule has 0 aliphatic rings. The number of ether oxygens (including phenoxy) is 2. The van der Waals surface area contributed by atoms with Crippen LogP contribution in [0.5, 0.6) is 11.8 Å². The van der Waals surface area contributed by atoms with Crippen LogP contribution in [0.15, 0.2) is 72.8 Å². The number of benzene rings is 3. The van der Waals surface area contributed by atoms with Crippen molar-refractivity contribution in [2.75, 3.05) is 19.5 Å². The lowest BCUT2D eigenvalue weighted by Gasteiger charge is -2.09. The number of nitrogens with one attached hydrogen (secondary N) is 1. The SMILES string of the molecule is COc1ccc(-c2nc(OC)nn2-c2ccc(NC(=O)c3ccc(F)cc3)cc2)cc1. The number of hydrogen-bond acceptors (Lipinski definition) is 5. The van der Waals surface area contributed by atoms with Crippen LogP contribution in [-0.2, 0) is 0 Å². The van der Waals surface area contributed by atoms with Gasteiger partial charge in [0.1, 0.15) is 11.6 Å². The smallest absolute Gasteiger partial charge is 0.336 e. The molecule has 0 aliphatic carbocycles. The highest BCUT2D eigenvalue weighted by Gasteiger charge is 2.15. The number of aromatic nitrogens is 3. The molecule has 0 unspecified atom stereocenters. The highest BCUT2D eigenvalue weighted by atomic mass is 19.1. The van der Waals surface area contributed by atoms with Crippen molar-refractivity contribution in [3.8, 4) is 28.8 Å². The fourth-order valence-corrected chi connectivity index (χ4v) is 2.98. The molecular formula is C23H19FN4O3. The van der Waals surface area contributed by atoms with Gasteiger partial charge in [-0.25, -0.2) is 9.07 Å². The van der Waals surface area contributed by atoms with Gasteiger partial charge in [0.2, 0.25) is 0 Å². The van der Waals surface area contributed by atoms with Crippen molar-refractivity contribution in [1.29, 1.82) is 0 Å². The molecule has 0 bridgehead atoms. The van der Waals surface area contributed by atoms with Crippen LogP contribution >= 0.6 is 0 Å². The van der Waals surface area contributed by atoms with Crippen molar-refractivity contribution < 1.29 is 18.7 Å². The second-order valence-corrected chi connectivity index (χ2v) is 6.57. The van der Waals surface area contributed by atoms with E-state index in [0.717, 1.165) is 17.0 Å². The number of amides is 1. The Kier molecular flexibility index (Phi) is 5.61. The maximum atomic E-state index is 13.0. The number of anilines is 1. The van der Waals surface area contributed by atoms with E-state index < -0.39 is 5.82 Å². The standard InChI is InChI=1S/C23H19FN4O3/c1-30-20-13-5-15(6-14-20)21-26-23(31-2)27-28(21)19-11-9-18(10-12-19)25-22(29)16-3-7-17(24)8-4-16/h3-14H,1-2H3,(H,25,29). The highest BCUT2D eigenvalue weighted by Crippen LogP contribution is 2.26. The van der Waals surface area contributed by atoms with Crippen molar-refractivity contribution in [2.45, 2.75) is 0 Å². The fourth-order valence-electron chi connectivity index (χ4n) is 2.98. The zero-order valence-electron chi connectivity index (χ0n) is 16.9. The molecule has 3 aromatic carbocycles. The molecule has 4 aromatic rings. The Balaban J connectivity index is 1.59. The molecule has 1 amide bonds. The Morgan fingerprint density at radius 1 is 0.903 bits per heavy atom. The van der Waals surface area contributed by atoms with Gasteiger partial charge in [0.15, 0.2) is 5.82 Å². The first-order valence-corrected chi connectivity index (χ1v) is 9.40. The lowest BCUT2D eigenvalue weighted by molar-refractivity contribution is 0.102. The first-order valence-electron chi connectivity index (χ1n) is 9.40. The first-order chi connectivity index (χ1) is 15.1. The summed E-state index contributed by atoms with van der Waals surface area (Å²) in [5.74, 6) is 0.622. The van der Waals surface area contributed by atoms with Crippen LogP contribution in [-0.4, -0.2) is 34.9 Å². The topological polar surface area (TPSA) is 78.3 Å². The molecular weight excluding hydrogens is 399 g/mol. The number of halogens is 1. The summed E-state index contributed by atoms with van der Waals surface area (Å²) in [4.78, 5) is 16.8. The van der Waals surface area contributed by atoms with Gasteiger partial charge in [-0.05, 0) is 72.8 Å². The molecule has 8 heteroatoms. The van der Waals surface area contributed by atoms with Gasteiger partial charge in [0.25, 0.3) is 5.91 Å². The molecule has 0 saturated heterocycles. The third-order valence-electron chi connectivity index (χ3n) is 4.59. The average molecular weight is 418 g/mol. The molecule has 31 heavy (non-hydrogen) atoms. The summed E-state index contributed by atoms with van der Waals surface area (Å²) in [5.41, 5.74) is 2.54. The molecule has 0 atom stereocenters. The summed E-state index contributed by atoms with van der Waals surface area (Å²) in [5, 5.41) is 7.18. The van der Waals surface area contributed by atoms with Crippen molar-refractivity contribution in [1.82, 2.24) is 14.8 Å². The van der Waals surface area contributed by atoms with Gasteiger partial charge in [-0.1, -0.05) is 0 Å². The van der Waals surface area contributed by atoms with Crippen LogP contribution < -0.4 is 14.8 Å². The Hall–Kier alpha value is -4.20. The molecule has 7 nitrogen and oxygen atoms in total. The van der Waals surface area contributed by atoms with Crippen LogP contribution in [0, 0.1) is 5.82 Å². The molecule has 1 N–H and O–H groups in total. The Morgan fingerprint density at radius 2 is 1.58 bits per heavy atom. The summed E-state index contributed by atoms with van der Waals surface area (Å²) >= 11 is 0. The Labute approximate surface area is 178 Å². The quantitative estimate of drug-likeness (QED) is 0.504. The number of rotatable bonds is 6. The third-order valence-corrected chi connectivity index (χ3v) is 4.59. The minimum absolute atomic E-state index is 0.236. The summed E-state index contributed by atoms with van der Waals surface area (Å²) in [6.07, 6.45) is 0. The number of carbonyl (C=O) groups is 1. The van der Waals surface area contributed by atoms with E-state index in [2.05, 4.69) is 15.4 Å². The van der Waals surface area contributed by atoms with Crippen molar-refractivity contribution >= 4 is 11.6 Å². The van der Waals surface area contributed by atoms with Gasteiger partial charge >= 0.3 is 6.01 Å². The van der Waals surface area contributed by atoms with Crippen LogP contribution in [0.1, 0.15) is 10.4 Å². The molecule has 0 spiro atoms. The summed E-state index contributed by atoms with van der Waals surface area (Å²) in [6, 6.07) is 20.2. The van der Waals surface area contributed by atoms with Crippen molar-refractivity contribution in [3.63, 3.8) is 0 Å². The monoisotopic (exact) mass is 418 g/mol. The molecule has 1 aromatic heterocycles. The van der Waals surface area contributed by atoms with E-state index in [1.165, 1.54) is 31.4 Å². The second kappa shape index (κ2) is 8.66. The van der Waals surface area contributed by atoms with E-state index in [-0.39, 0.29) is 11.9 Å². The Bertz CT molecular complexity index is 1190. The Morgan fingerprint density at radius 3 is 2.19 bits per heavy atom. The van der Waals surface area contributed by atoms with Gasteiger partial charge in [0, 0.05) is 16.8 Å².